The van der Waals surface area contributed by atoms with E-state index in [9.17, 15) is 9.18 Å². The fourth-order valence-corrected chi connectivity index (χ4v) is 3.93. The molecule has 0 saturated carbocycles. The van der Waals surface area contributed by atoms with Gasteiger partial charge < -0.3 is 20.4 Å². The van der Waals surface area contributed by atoms with Gasteiger partial charge in [-0.3, -0.25) is 14.8 Å². The maximum Gasteiger partial charge on any atom is 0.257 e. The van der Waals surface area contributed by atoms with E-state index < -0.39 is 5.82 Å². The number of benzene rings is 1. The highest BCUT2D eigenvalue weighted by atomic mass is 19.1. The smallest absolute Gasteiger partial charge is 0.257 e. The molecule has 0 radical (unpaired) electrons. The minimum absolute atomic E-state index is 0.122. The molecular weight excluding hydrogens is 385 g/mol. The second-order valence-corrected chi connectivity index (χ2v) is 7.52. The Morgan fingerprint density at radius 1 is 1.23 bits per heavy atom. The van der Waals surface area contributed by atoms with Crippen LogP contribution in [0.5, 0.6) is 0 Å². The molecule has 1 fully saturated rings. The zero-order valence-electron chi connectivity index (χ0n) is 16.3. The minimum atomic E-state index is -0.508. The van der Waals surface area contributed by atoms with Crippen LogP contribution >= 0.6 is 0 Å². The van der Waals surface area contributed by atoms with Gasteiger partial charge in [-0.25, -0.2) is 9.37 Å². The summed E-state index contributed by atoms with van der Waals surface area (Å²) in [6.45, 7) is 3.35. The van der Waals surface area contributed by atoms with Crippen LogP contribution in [-0.2, 0) is 0 Å². The van der Waals surface area contributed by atoms with Crippen LogP contribution in [-0.4, -0.2) is 44.4 Å². The molecule has 152 valence electrons. The molecule has 0 bridgehead atoms. The van der Waals surface area contributed by atoms with Crippen LogP contribution in [0, 0.1) is 12.7 Å². The second kappa shape index (κ2) is 7.03. The number of nitrogens with zero attached hydrogens (tertiary/aromatic N) is 5. The molecule has 1 aromatic carbocycles. The van der Waals surface area contributed by atoms with E-state index in [0.29, 0.717) is 28.0 Å². The molecule has 5 rings (SSSR count). The lowest BCUT2D eigenvalue weighted by molar-refractivity contribution is 0.102. The Morgan fingerprint density at radius 2 is 2.03 bits per heavy atom. The molecular formula is C21H20FN7O. The first-order chi connectivity index (χ1) is 14.5. The number of halogens is 1. The number of carbonyl (C=O) groups excluding carboxylic acids is 1. The highest BCUT2D eigenvalue weighted by Gasteiger charge is 2.23. The van der Waals surface area contributed by atoms with E-state index in [1.165, 1.54) is 6.07 Å². The number of amides is 1. The number of aryl methyl sites for hydroxylation is 1. The van der Waals surface area contributed by atoms with Crippen LogP contribution < -0.4 is 16.0 Å². The Balaban J connectivity index is 1.51. The number of nitrogens with two attached hydrogens (primary N) is 1. The Bertz CT molecular complexity index is 1290. The van der Waals surface area contributed by atoms with Crippen molar-refractivity contribution in [3.8, 4) is 0 Å². The lowest BCUT2D eigenvalue weighted by atomic mass is 10.1. The summed E-state index contributed by atoms with van der Waals surface area (Å²) in [6.07, 6.45) is 7.40. The average Bonchev–Trinajstić information content (AvgIpc) is 3.32. The molecule has 3 aromatic heterocycles. The van der Waals surface area contributed by atoms with Crippen LogP contribution in [0.4, 0.5) is 15.8 Å². The predicted molar refractivity (Wildman–Crippen MR) is 112 cm³/mol. The first-order valence-corrected chi connectivity index (χ1v) is 9.70. The quantitative estimate of drug-likeness (QED) is 0.543. The van der Waals surface area contributed by atoms with Crippen LogP contribution in [0.2, 0.25) is 0 Å². The fourth-order valence-electron chi connectivity index (χ4n) is 3.93. The van der Waals surface area contributed by atoms with Crippen molar-refractivity contribution in [2.75, 3.05) is 23.3 Å². The summed E-state index contributed by atoms with van der Waals surface area (Å²) >= 11 is 0. The maximum atomic E-state index is 14.4. The second-order valence-electron chi connectivity index (χ2n) is 7.52. The predicted octanol–water partition coefficient (Wildman–Crippen LogP) is 2.51. The number of pyridine rings is 1. The number of aromatic nitrogens is 4. The van der Waals surface area contributed by atoms with Gasteiger partial charge in [0.15, 0.2) is 11.5 Å². The van der Waals surface area contributed by atoms with Gasteiger partial charge in [0.25, 0.3) is 5.91 Å². The Labute approximate surface area is 171 Å². The lowest BCUT2D eigenvalue weighted by Crippen LogP contribution is -2.26. The average molecular weight is 405 g/mol. The number of hydrogen-bond donors (Lipinski definition) is 2. The molecule has 4 heterocycles. The number of carbonyl (C=O) groups is 1. The molecule has 4 aromatic rings. The molecule has 8 nitrogen and oxygen atoms in total. The molecule has 1 saturated heterocycles. The third kappa shape index (κ3) is 3.13. The molecule has 30 heavy (non-hydrogen) atoms. The van der Waals surface area contributed by atoms with Crippen molar-refractivity contribution in [1.29, 1.82) is 0 Å². The highest BCUT2D eigenvalue weighted by Crippen LogP contribution is 2.29. The van der Waals surface area contributed by atoms with Crippen LogP contribution in [0.25, 0.3) is 16.7 Å². The van der Waals surface area contributed by atoms with Crippen LogP contribution in [0.3, 0.4) is 0 Å². The van der Waals surface area contributed by atoms with Crippen molar-refractivity contribution < 1.29 is 9.18 Å². The Kier molecular flexibility index (Phi) is 4.32. The van der Waals surface area contributed by atoms with Gasteiger partial charge in [-0.05, 0) is 25.5 Å². The summed E-state index contributed by atoms with van der Waals surface area (Å²) in [5.74, 6) is -0.896. The van der Waals surface area contributed by atoms with Crippen molar-refractivity contribution >= 4 is 34.0 Å². The summed E-state index contributed by atoms with van der Waals surface area (Å²) in [4.78, 5) is 28.2. The standard InChI is InChI=1S/C21H20FN7O/c1-12-9-29-11-14(8-16(22)20(29)26-12)27-21(30)15-2-3-17(28-7-4-13(23)10-28)19-18(15)24-5-6-25-19/h2-3,5-6,8-9,11,13H,4,7,10,23H2,1H3,(H,27,30). The van der Waals surface area contributed by atoms with E-state index in [1.807, 2.05) is 6.07 Å². The Morgan fingerprint density at radius 3 is 2.80 bits per heavy atom. The molecule has 9 heteroatoms. The zero-order chi connectivity index (χ0) is 20.8. The SMILES string of the molecule is Cc1cn2cc(NC(=O)c3ccc(N4CCC(N)C4)c4nccnc34)cc(F)c2n1. The van der Waals surface area contributed by atoms with Gasteiger partial charge in [0, 0.05) is 50.0 Å². The molecule has 1 aliphatic rings. The summed E-state index contributed by atoms with van der Waals surface area (Å²) in [5, 5.41) is 2.76. The summed E-state index contributed by atoms with van der Waals surface area (Å²) in [5.41, 5.74) is 9.69. The van der Waals surface area contributed by atoms with Gasteiger partial charge in [0.2, 0.25) is 0 Å². The molecule has 0 spiro atoms. The van der Waals surface area contributed by atoms with E-state index >= 15 is 0 Å². The Hall–Kier alpha value is -3.59. The van der Waals surface area contributed by atoms with Crippen LogP contribution in [0.1, 0.15) is 22.5 Å². The molecule has 3 N–H and O–H groups in total. The van der Waals surface area contributed by atoms with Crippen molar-refractivity contribution in [1.82, 2.24) is 19.4 Å². The third-order valence-electron chi connectivity index (χ3n) is 5.30. The van der Waals surface area contributed by atoms with Crippen LogP contribution in [0.15, 0.2) is 43.0 Å². The van der Waals surface area contributed by atoms with Gasteiger partial charge in [0.05, 0.1) is 22.6 Å². The first-order valence-electron chi connectivity index (χ1n) is 9.70. The van der Waals surface area contributed by atoms with E-state index in [2.05, 4.69) is 25.2 Å². The first kappa shape index (κ1) is 18.4. The molecule has 1 amide bonds. The highest BCUT2D eigenvalue weighted by molar-refractivity contribution is 6.13. The summed E-state index contributed by atoms with van der Waals surface area (Å²) in [6, 6.07) is 4.97. The maximum absolute atomic E-state index is 14.4. The minimum Gasteiger partial charge on any atom is -0.368 e. The van der Waals surface area contributed by atoms with Gasteiger partial charge in [-0.1, -0.05) is 0 Å². The largest absolute Gasteiger partial charge is 0.368 e. The summed E-state index contributed by atoms with van der Waals surface area (Å²) < 4.78 is 15.9. The number of imidazole rings is 1. The fraction of sp³-hybridized carbons (Fsp3) is 0.238. The number of fused-ring (bicyclic) bond motifs is 2. The molecule has 1 atom stereocenters. The van der Waals surface area contributed by atoms with Crippen molar-refractivity contribution in [2.24, 2.45) is 5.73 Å². The summed E-state index contributed by atoms with van der Waals surface area (Å²) in [7, 11) is 0. The van der Waals surface area contributed by atoms with Crippen molar-refractivity contribution in [3.63, 3.8) is 0 Å². The number of anilines is 2. The molecule has 1 aliphatic heterocycles. The molecule has 1 unspecified atom stereocenters. The van der Waals surface area contributed by atoms with E-state index in [-0.39, 0.29) is 17.6 Å². The van der Waals surface area contributed by atoms with E-state index in [1.54, 1.807) is 42.2 Å². The molecule has 0 aliphatic carbocycles. The van der Waals surface area contributed by atoms with E-state index in [0.717, 1.165) is 25.2 Å². The normalized spacial score (nSPS) is 16.5. The number of hydrogen-bond acceptors (Lipinski definition) is 6. The van der Waals surface area contributed by atoms with E-state index in [4.69, 9.17) is 5.73 Å². The van der Waals surface area contributed by atoms with Gasteiger partial charge in [-0.2, -0.15) is 0 Å². The number of nitrogens with one attached hydrogen (secondary N) is 1. The van der Waals surface area contributed by atoms with Gasteiger partial charge in [-0.15, -0.1) is 0 Å². The lowest BCUT2D eigenvalue weighted by Gasteiger charge is -2.20. The topological polar surface area (TPSA) is 101 Å². The van der Waals surface area contributed by atoms with Gasteiger partial charge in [0.1, 0.15) is 11.0 Å². The zero-order valence-corrected chi connectivity index (χ0v) is 16.3. The third-order valence-corrected chi connectivity index (χ3v) is 5.30. The van der Waals surface area contributed by atoms with Crippen molar-refractivity contribution in [2.45, 2.75) is 19.4 Å². The van der Waals surface area contributed by atoms with Gasteiger partial charge >= 0.3 is 0 Å². The monoisotopic (exact) mass is 405 g/mol. The van der Waals surface area contributed by atoms with Crippen molar-refractivity contribution in [3.05, 3.63) is 60.1 Å². The number of rotatable bonds is 3.